The highest BCUT2D eigenvalue weighted by Gasteiger charge is 2.43. The predicted molar refractivity (Wildman–Crippen MR) is 232 cm³/mol. The van der Waals surface area contributed by atoms with E-state index in [-0.39, 0.29) is 16.7 Å². The van der Waals surface area contributed by atoms with Gasteiger partial charge >= 0.3 is 0 Å². The SMILES string of the molecule is CC1(C)c2cc(N(c3ccccc3)c3ccccc3)ccc2-c2cc3c(cc21)-c1c(cc(C(Cc2ccccc2)c2ccccc2)c2ccccc12)C3(C)C. The lowest BCUT2D eigenvalue weighted by Crippen LogP contribution is -2.18. The zero-order valence-electron chi connectivity index (χ0n) is 32.1. The first-order valence-electron chi connectivity index (χ1n) is 19.7. The molecule has 55 heavy (non-hydrogen) atoms. The van der Waals surface area contributed by atoms with Crippen molar-refractivity contribution < 1.29 is 0 Å². The van der Waals surface area contributed by atoms with Crippen LogP contribution in [0.5, 0.6) is 0 Å². The van der Waals surface area contributed by atoms with Crippen LogP contribution in [0, 0.1) is 0 Å². The molecule has 0 aliphatic heterocycles. The summed E-state index contributed by atoms with van der Waals surface area (Å²) in [7, 11) is 0. The maximum Gasteiger partial charge on any atom is 0.0465 e. The largest absolute Gasteiger partial charge is 0.310 e. The zero-order chi connectivity index (χ0) is 37.3. The number of hydrogen-bond donors (Lipinski definition) is 0. The molecule has 0 spiro atoms. The average molecular weight is 708 g/mol. The van der Waals surface area contributed by atoms with Crippen LogP contribution >= 0.6 is 0 Å². The van der Waals surface area contributed by atoms with E-state index >= 15 is 0 Å². The van der Waals surface area contributed by atoms with Gasteiger partial charge in [0.15, 0.2) is 0 Å². The van der Waals surface area contributed by atoms with Crippen LogP contribution < -0.4 is 4.90 Å². The number of benzene rings is 8. The standard InChI is InChI=1S/C54H45N/c1-53(2)48-32-40(55(38-23-13-7-14-24-38)39-25-15-8-16-26-39)29-30-42(48)46-34-50-47(35-49(46)53)52-43-28-18-17-27-41(43)45(33-51(52)54(50,3)4)44(37-21-11-6-12-22-37)31-36-19-9-5-10-20-36/h5-30,32-35,44H,31H2,1-4H3. The predicted octanol–water partition coefficient (Wildman–Crippen LogP) is 14.3. The Balaban J connectivity index is 1.13. The molecule has 266 valence electrons. The highest BCUT2D eigenvalue weighted by Crippen LogP contribution is 2.58. The molecule has 2 aliphatic carbocycles. The van der Waals surface area contributed by atoms with Gasteiger partial charge in [0.1, 0.15) is 0 Å². The Morgan fingerprint density at radius 2 is 0.927 bits per heavy atom. The number of anilines is 3. The number of rotatable bonds is 7. The Hall–Kier alpha value is -6.18. The topological polar surface area (TPSA) is 3.24 Å². The minimum Gasteiger partial charge on any atom is -0.310 e. The molecular formula is C54H45N. The molecule has 0 heterocycles. The van der Waals surface area contributed by atoms with Gasteiger partial charge in [-0.15, -0.1) is 0 Å². The van der Waals surface area contributed by atoms with Crippen molar-refractivity contribution in [2.45, 2.75) is 50.9 Å². The molecule has 0 saturated carbocycles. The van der Waals surface area contributed by atoms with Crippen molar-refractivity contribution in [3.05, 3.63) is 221 Å². The van der Waals surface area contributed by atoms with Crippen molar-refractivity contribution >= 4 is 27.8 Å². The van der Waals surface area contributed by atoms with Crippen LogP contribution in [-0.2, 0) is 17.3 Å². The second-order valence-electron chi connectivity index (χ2n) is 16.5. The monoisotopic (exact) mass is 707 g/mol. The molecule has 1 heteroatoms. The van der Waals surface area contributed by atoms with Crippen LogP contribution in [0.3, 0.4) is 0 Å². The summed E-state index contributed by atoms with van der Waals surface area (Å²) in [6, 6.07) is 67.6. The summed E-state index contributed by atoms with van der Waals surface area (Å²) in [5, 5.41) is 2.71. The van der Waals surface area contributed by atoms with E-state index < -0.39 is 0 Å². The first-order chi connectivity index (χ1) is 26.8. The summed E-state index contributed by atoms with van der Waals surface area (Å²) >= 11 is 0. The first kappa shape index (κ1) is 33.4. The van der Waals surface area contributed by atoms with Crippen LogP contribution in [0.15, 0.2) is 182 Å². The Labute approximate surface area is 325 Å². The van der Waals surface area contributed by atoms with E-state index in [9.17, 15) is 0 Å². The summed E-state index contributed by atoms with van der Waals surface area (Å²) in [5.74, 6) is 0.231. The number of nitrogens with zero attached hydrogens (tertiary/aromatic N) is 1. The van der Waals surface area contributed by atoms with Gasteiger partial charge in [-0.1, -0.05) is 161 Å². The molecule has 8 aromatic carbocycles. The Kier molecular flexibility index (Phi) is 7.72. The molecule has 10 rings (SSSR count). The summed E-state index contributed by atoms with van der Waals surface area (Å²) in [6.07, 6.45) is 0.953. The van der Waals surface area contributed by atoms with E-state index in [0.29, 0.717) is 0 Å². The number of para-hydroxylation sites is 2. The van der Waals surface area contributed by atoms with Crippen LogP contribution in [0.2, 0.25) is 0 Å². The van der Waals surface area contributed by atoms with Gasteiger partial charge in [0, 0.05) is 33.8 Å². The van der Waals surface area contributed by atoms with Crippen LogP contribution in [0.4, 0.5) is 17.1 Å². The Morgan fingerprint density at radius 1 is 0.418 bits per heavy atom. The molecule has 0 saturated heterocycles. The Morgan fingerprint density at radius 3 is 1.58 bits per heavy atom. The van der Waals surface area contributed by atoms with Crippen molar-refractivity contribution in [1.82, 2.24) is 0 Å². The van der Waals surface area contributed by atoms with E-state index in [0.717, 1.165) is 17.8 Å². The average Bonchev–Trinajstić information content (AvgIpc) is 3.59. The summed E-state index contributed by atoms with van der Waals surface area (Å²) in [6.45, 7) is 9.72. The second-order valence-corrected chi connectivity index (χ2v) is 16.5. The minimum absolute atomic E-state index is 0.170. The number of fused-ring (bicyclic) bond motifs is 8. The second kappa shape index (κ2) is 12.7. The van der Waals surface area contributed by atoms with Crippen molar-refractivity contribution in [2.24, 2.45) is 0 Å². The lowest BCUT2D eigenvalue weighted by Gasteiger charge is -2.28. The van der Waals surface area contributed by atoms with Gasteiger partial charge in [0.05, 0.1) is 0 Å². The molecule has 0 radical (unpaired) electrons. The highest BCUT2D eigenvalue weighted by molar-refractivity contribution is 6.05. The molecule has 1 atom stereocenters. The molecular weight excluding hydrogens is 663 g/mol. The maximum absolute atomic E-state index is 2.58. The normalized spacial score (nSPS) is 14.8. The maximum atomic E-state index is 2.58. The lowest BCUT2D eigenvalue weighted by molar-refractivity contribution is 0.651. The third-order valence-electron chi connectivity index (χ3n) is 12.6. The molecule has 0 aromatic heterocycles. The van der Waals surface area contributed by atoms with Gasteiger partial charge in [0.2, 0.25) is 0 Å². The van der Waals surface area contributed by atoms with E-state index in [2.05, 4.69) is 215 Å². The third kappa shape index (κ3) is 5.29. The van der Waals surface area contributed by atoms with Gasteiger partial charge in [-0.25, -0.2) is 0 Å². The minimum atomic E-state index is -0.175. The van der Waals surface area contributed by atoms with E-state index in [1.165, 1.54) is 77.7 Å². The fourth-order valence-electron chi connectivity index (χ4n) is 9.80. The van der Waals surface area contributed by atoms with E-state index in [1.54, 1.807) is 0 Å². The lowest BCUT2D eigenvalue weighted by atomic mass is 9.77. The van der Waals surface area contributed by atoms with Gasteiger partial charge in [-0.3, -0.25) is 0 Å². The Bertz CT molecular complexity index is 2670. The van der Waals surface area contributed by atoms with Crippen LogP contribution in [0.1, 0.15) is 72.6 Å². The summed E-state index contributed by atoms with van der Waals surface area (Å²) in [4.78, 5) is 2.38. The van der Waals surface area contributed by atoms with Crippen molar-refractivity contribution in [3.63, 3.8) is 0 Å². The molecule has 0 N–H and O–H groups in total. The highest BCUT2D eigenvalue weighted by atomic mass is 15.1. The summed E-state index contributed by atoms with van der Waals surface area (Å²) in [5.41, 5.74) is 18.4. The van der Waals surface area contributed by atoms with Crippen molar-refractivity contribution in [1.29, 1.82) is 0 Å². The van der Waals surface area contributed by atoms with Gasteiger partial charge in [0.25, 0.3) is 0 Å². The quantitative estimate of drug-likeness (QED) is 0.159. The van der Waals surface area contributed by atoms with Crippen molar-refractivity contribution in [2.75, 3.05) is 4.90 Å². The van der Waals surface area contributed by atoms with Gasteiger partial charge in [-0.2, -0.15) is 0 Å². The molecule has 2 aliphatic rings. The van der Waals surface area contributed by atoms with Gasteiger partial charge < -0.3 is 4.90 Å². The molecule has 0 bridgehead atoms. The third-order valence-corrected chi connectivity index (χ3v) is 12.6. The fraction of sp³-hybridized carbons (Fsp3) is 0.148. The van der Waals surface area contributed by atoms with Crippen molar-refractivity contribution in [3.8, 4) is 22.3 Å². The molecule has 8 aromatic rings. The molecule has 0 fully saturated rings. The van der Waals surface area contributed by atoms with Crippen LogP contribution in [-0.4, -0.2) is 0 Å². The van der Waals surface area contributed by atoms with E-state index in [4.69, 9.17) is 0 Å². The fourth-order valence-corrected chi connectivity index (χ4v) is 9.80. The molecule has 1 nitrogen and oxygen atoms in total. The summed E-state index contributed by atoms with van der Waals surface area (Å²) < 4.78 is 0. The first-order valence-corrected chi connectivity index (χ1v) is 19.7. The van der Waals surface area contributed by atoms with E-state index in [1.807, 2.05) is 0 Å². The van der Waals surface area contributed by atoms with Crippen LogP contribution in [0.25, 0.3) is 33.0 Å². The molecule has 1 unspecified atom stereocenters. The zero-order valence-corrected chi connectivity index (χ0v) is 32.1. The molecule has 0 amide bonds. The number of hydrogen-bond acceptors (Lipinski definition) is 1. The smallest absolute Gasteiger partial charge is 0.0465 e. The van der Waals surface area contributed by atoms with Gasteiger partial charge in [-0.05, 0) is 127 Å².